The second-order valence-corrected chi connectivity index (χ2v) is 7.13. The number of esters is 1. The second-order valence-electron chi connectivity index (χ2n) is 7.13. The maximum Gasteiger partial charge on any atom is 0.338 e. The lowest BCUT2D eigenvalue weighted by Crippen LogP contribution is -2.59. The topological polar surface area (TPSA) is 94.2 Å². The Balaban J connectivity index is 1.77. The van der Waals surface area contributed by atoms with Crippen molar-refractivity contribution in [3.05, 3.63) is 48.0 Å². The molecule has 8 nitrogen and oxygen atoms in total. The van der Waals surface area contributed by atoms with Gasteiger partial charge in [0, 0.05) is 0 Å². The van der Waals surface area contributed by atoms with Crippen molar-refractivity contribution in [2.75, 3.05) is 30.5 Å². The second kappa shape index (κ2) is 8.44. The molecule has 1 N–H and O–H groups in total. The van der Waals surface area contributed by atoms with E-state index in [1.807, 2.05) is 6.92 Å². The summed E-state index contributed by atoms with van der Waals surface area (Å²) in [6.07, 6.45) is 0. The van der Waals surface area contributed by atoms with Gasteiger partial charge in [-0.25, -0.2) is 4.79 Å². The van der Waals surface area contributed by atoms with Crippen LogP contribution in [0.25, 0.3) is 0 Å². The average molecular weight is 412 g/mol. The Morgan fingerprint density at radius 3 is 2.53 bits per heavy atom. The van der Waals surface area contributed by atoms with Gasteiger partial charge in [-0.2, -0.15) is 0 Å². The van der Waals surface area contributed by atoms with E-state index in [0.717, 1.165) is 0 Å². The van der Waals surface area contributed by atoms with Crippen molar-refractivity contribution in [3.63, 3.8) is 0 Å². The number of hydrogen-bond acceptors (Lipinski definition) is 6. The van der Waals surface area contributed by atoms with Gasteiger partial charge in [0.1, 0.15) is 5.54 Å². The molecule has 1 aliphatic rings. The van der Waals surface area contributed by atoms with Gasteiger partial charge in [-0.15, -0.1) is 0 Å². The summed E-state index contributed by atoms with van der Waals surface area (Å²) in [7, 11) is 1.47. The number of fused-ring (bicyclic) bond motifs is 1. The molecule has 8 heteroatoms. The number of hydrogen-bond donors (Lipinski definition) is 1. The number of para-hydroxylation sites is 2. The van der Waals surface area contributed by atoms with Crippen molar-refractivity contribution in [1.82, 2.24) is 0 Å². The lowest BCUT2D eigenvalue weighted by Gasteiger charge is -2.41. The molecule has 30 heavy (non-hydrogen) atoms. The van der Waals surface area contributed by atoms with Crippen LogP contribution in [-0.2, 0) is 14.3 Å². The molecule has 0 saturated carbocycles. The fourth-order valence-corrected chi connectivity index (χ4v) is 3.24. The number of carbonyl (C=O) groups excluding carboxylic acids is 3. The summed E-state index contributed by atoms with van der Waals surface area (Å²) < 4.78 is 15.9. The molecule has 1 aliphatic heterocycles. The molecule has 0 unspecified atom stereocenters. The number of nitrogens with zero attached hydrogens (tertiary/aromatic N) is 1. The molecule has 0 fully saturated rings. The lowest BCUT2D eigenvalue weighted by atomic mass is 9.96. The Bertz CT molecular complexity index is 985. The van der Waals surface area contributed by atoms with Gasteiger partial charge in [-0.1, -0.05) is 12.1 Å². The molecule has 0 bridgehead atoms. The number of carbonyl (C=O) groups is 3. The molecule has 1 heterocycles. The molecule has 0 aromatic heterocycles. The van der Waals surface area contributed by atoms with Gasteiger partial charge >= 0.3 is 5.97 Å². The molecular weight excluding hydrogens is 388 g/mol. The molecule has 158 valence electrons. The highest BCUT2D eigenvalue weighted by Gasteiger charge is 2.43. The molecule has 2 amide bonds. The van der Waals surface area contributed by atoms with Crippen molar-refractivity contribution < 1.29 is 28.6 Å². The number of rotatable bonds is 6. The Morgan fingerprint density at radius 2 is 1.83 bits per heavy atom. The highest BCUT2D eigenvalue weighted by atomic mass is 16.5. The zero-order chi connectivity index (χ0) is 21.9. The van der Waals surface area contributed by atoms with Crippen molar-refractivity contribution >= 4 is 29.2 Å². The number of methoxy groups -OCH3 is 1. The van der Waals surface area contributed by atoms with E-state index >= 15 is 0 Å². The highest BCUT2D eigenvalue weighted by Crippen LogP contribution is 2.36. The molecule has 0 spiro atoms. The first-order valence-corrected chi connectivity index (χ1v) is 9.51. The molecular formula is C22H24N2O6. The quantitative estimate of drug-likeness (QED) is 0.733. The van der Waals surface area contributed by atoms with Crippen LogP contribution < -0.4 is 19.7 Å². The van der Waals surface area contributed by atoms with Crippen LogP contribution >= 0.6 is 0 Å². The van der Waals surface area contributed by atoms with E-state index in [1.54, 1.807) is 44.2 Å². The van der Waals surface area contributed by atoms with Gasteiger partial charge in [0.05, 0.1) is 30.7 Å². The van der Waals surface area contributed by atoms with Crippen LogP contribution in [0.4, 0.5) is 11.4 Å². The minimum Gasteiger partial charge on any atom is -0.493 e. The van der Waals surface area contributed by atoms with Gasteiger partial charge in [0.15, 0.2) is 18.1 Å². The zero-order valence-electron chi connectivity index (χ0n) is 17.4. The maximum absolute atomic E-state index is 12.9. The summed E-state index contributed by atoms with van der Waals surface area (Å²) in [6.45, 7) is 5.05. The van der Waals surface area contributed by atoms with Crippen LogP contribution in [0.5, 0.6) is 11.5 Å². The Kier molecular flexibility index (Phi) is 5.96. The van der Waals surface area contributed by atoms with Crippen LogP contribution in [0.2, 0.25) is 0 Å². The Hall–Kier alpha value is -3.55. The van der Waals surface area contributed by atoms with Crippen molar-refractivity contribution in [3.8, 4) is 11.5 Å². The van der Waals surface area contributed by atoms with E-state index in [1.165, 1.54) is 24.1 Å². The number of amides is 2. The Labute approximate surface area is 174 Å². The van der Waals surface area contributed by atoms with Crippen LogP contribution in [-0.4, -0.2) is 43.6 Å². The van der Waals surface area contributed by atoms with Crippen molar-refractivity contribution in [2.45, 2.75) is 26.3 Å². The normalized spacial score (nSPS) is 14.4. The largest absolute Gasteiger partial charge is 0.493 e. The fraction of sp³-hybridized carbons (Fsp3) is 0.318. The van der Waals surface area contributed by atoms with E-state index in [4.69, 9.17) is 14.2 Å². The first-order chi connectivity index (χ1) is 14.3. The number of benzene rings is 2. The fourth-order valence-electron chi connectivity index (χ4n) is 3.24. The summed E-state index contributed by atoms with van der Waals surface area (Å²) >= 11 is 0. The minimum atomic E-state index is -1.14. The summed E-state index contributed by atoms with van der Waals surface area (Å²) in [5.41, 5.74) is 0.156. The highest BCUT2D eigenvalue weighted by molar-refractivity contribution is 6.14. The molecule has 3 rings (SSSR count). The van der Waals surface area contributed by atoms with Crippen molar-refractivity contribution in [2.24, 2.45) is 0 Å². The van der Waals surface area contributed by atoms with E-state index < -0.39 is 24.0 Å². The predicted octanol–water partition coefficient (Wildman–Crippen LogP) is 3.01. The van der Waals surface area contributed by atoms with Gasteiger partial charge in [-0.3, -0.25) is 14.5 Å². The van der Waals surface area contributed by atoms with Gasteiger partial charge in [0.2, 0.25) is 5.91 Å². The van der Waals surface area contributed by atoms with Crippen LogP contribution in [0, 0.1) is 0 Å². The van der Waals surface area contributed by atoms with E-state index in [2.05, 4.69) is 5.32 Å². The monoisotopic (exact) mass is 412 g/mol. The van der Waals surface area contributed by atoms with Crippen molar-refractivity contribution in [1.29, 1.82) is 0 Å². The minimum absolute atomic E-state index is 0.221. The van der Waals surface area contributed by atoms with Gasteiger partial charge in [-0.05, 0) is 51.1 Å². The average Bonchev–Trinajstić information content (AvgIpc) is 2.73. The third-order valence-electron chi connectivity index (χ3n) is 4.78. The third-order valence-corrected chi connectivity index (χ3v) is 4.78. The SMILES string of the molecule is CCOc1ccc(C(=O)OCC(=O)N2c3ccccc3NC(=O)C2(C)C)cc1OC. The first kappa shape index (κ1) is 21.2. The molecule has 0 atom stereocenters. The molecule has 2 aromatic carbocycles. The molecule has 0 aliphatic carbocycles. The molecule has 2 aromatic rings. The van der Waals surface area contributed by atoms with Crippen LogP contribution in [0.1, 0.15) is 31.1 Å². The number of ether oxygens (including phenoxy) is 3. The molecule has 0 saturated heterocycles. The van der Waals surface area contributed by atoms with E-state index in [9.17, 15) is 14.4 Å². The first-order valence-electron chi connectivity index (χ1n) is 9.51. The van der Waals surface area contributed by atoms with Crippen LogP contribution in [0.3, 0.4) is 0 Å². The van der Waals surface area contributed by atoms with Gasteiger partial charge in [0.25, 0.3) is 5.91 Å². The third kappa shape index (κ3) is 3.94. The summed E-state index contributed by atoms with van der Waals surface area (Å²) in [5, 5.41) is 2.79. The summed E-state index contributed by atoms with van der Waals surface area (Å²) in [6, 6.07) is 11.6. The zero-order valence-corrected chi connectivity index (χ0v) is 17.4. The van der Waals surface area contributed by atoms with Crippen LogP contribution in [0.15, 0.2) is 42.5 Å². The molecule has 0 radical (unpaired) electrons. The van der Waals surface area contributed by atoms with E-state index in [0.29, 0.717) is 29.5 Å². The smallest absolute Gasteiger partial charge is 0.338 e. The summed E-state index contributed by atoms with van der Waals surface area (Å²) in [4.78, 5) is 39.2. The lowest BCUT2D eigenvalue weighted by molar-refractivity contribution is -0.128. The van der Waals surface area contributed by atoms with E-state index in [-0.39, 0.29) is 11.5 Å². The maximum atomic E-state index is 12.9. The Morgan fingerprint density at radius 1 is 1.10 bits per heavy atom. The van der Waals surface area contributed by atoms with Gasteiger partial charge < -0.3 is 19.5 Å². The predicted molar refractivity (Wildman–Crippen MR) is 111 cm³/mol. The number of nitrogens with one attached hydrogen (secondary N) is 1. The standard InChI is InChI=1S/C22H24N2O6/c1-5-29-17-11-10-14(12-18(17)28-4)20(26)30-13-19(25)24-16-9-7-6-8-15(16)23-21(27)22(24,2)3/h6-12H,5,13H2,1-4H3,(H,23,27). The number of anilines is 2. The summed E-state index contributed by atoms with van der Waals surface area (Å²) in [5.74, 6) is -0.617.